The van der Waals surface area contributed by atoms with Gasteiger partial charge in [0, 0.05) is 33.2 Å². The normalized spacial score (nSPS) is 19.1. The summed E-state index contributed by atoms with van der Waals surface area (Å²) in [5.74, 6) is 0.671. The van der Waals surface area contributed by atoms with Crippen LogP contribution in [-0.4, -0.2) is 70.1 Å². The molecule has 1 saturated heterocycles. The molecular formula is C18H27F3N4O2. The number of hydrogen-bond acceptors (Lipinski definition) is 4. The number of likely N-dealkylation sites (N-methyl/N-ethyl adjacent to an activating group) is 1. The van der Waals surface area contributed by atoms with Crippen molar-refractivity contribution in [1.82, 2.24) is 15.5 Å². The molecule has 6 nitrogen and oxygen atoms in total. The van der Waals surface area contributed by atoms with E-state index in [2.05, 4.69) is 32.3 Å². The number of halogens is 3. The Kier molecular flexibility index (Phi) is 8.33. The molecule has 0 radical (unpaired) electrons. The minimum absolute atomic E-state index is 0.0632. The van der Waals surface area contributed by atoms with Crippen LogP contribution in [0.5, 0.6) is 0 Å². The van der Waals surface area contributed by atoms with Crippen molar-refractivity contribution in [2.24, 2.45) is 4.99 Å². The zero-order valence-corrected chi connectivity index (χ0v) is 15.7. The second-order valence-electron chi connectivity index (χ2n) is 6.49. The van der Waals surface area contributed by atoms with Gasteiger partial charge in [0.05, 0.1) is 19.3 Å². The number of morpholine rings is 1. The van der Waals surface area contributed by atoms with Gasteiger partial charge in [0.15, 0.2) is 5.96 Å². The van der Waals surface area contributed by atoms with Gasteiger partial charge in [-0.05, 0) is 18.2 Å². The van der Waals surface area contributed by atoms with E-state index in [1.807, 2.05) is 12.1 Å². The number of rotatable bonds is 7. The molecule has 1 unspecified atom stereocenters. The summed E-state index contributed by atoms with van der Waals surface area (Å²) < 4.78 is 46.6. The second-order valence-corrected chi connectivity index (χ2v) is 6.49. The average molecular weight is 388 g/mol. The molecule has 27 heavy (non-hydrogen) atoms. The summed E-state index contributed by atoms with van der Waals surface area (Å²) in [7, 11) is 3.77. The number of guanidine groups is 1. The van der Waals surface area contributed by atoms with Gasteiger partial charge in [0.2, 0.25) is 0 Å². The van der Waals surface area contributed by atoms with Crippen molar-refractivity contribution in [3.05, 3.63) is 35.4 Å². The summed E-state index contributed by atoms with van der Waals surface area (Å²) in [6.07, 6.45) is -4.18. The van der Waals surface area contributed by atoms with E-state index in [1.54, 1.807) is 19.2 Å². The van der Waals surface area contributed by atoms with E-state index >= 15 is 0 Å². The molecule has 2 N–H and O–H groups in total. The highest BCUT2D eigenvalue weighted by atomic mass is 19.4. The third-order valence-electron chi connectivity index (χ3n) is 4.08. The molecular weight excluding hydrogens is 361 g/mol. The van der Waals surface area contributed by atoms with Crippen molar-refractivity contribution in [2.45, 2.75) is 25.4 Å². The fraction of sp³-hybridized carbons (Fsp3) is 0.611. The third-order valence-corrected chi connectivity index (χ3v) is 4.08. The summed E-state index contributed by atoms with van der Waals surface area (Å²) in [6.45, 7) is 2.47. The van der Waals surface area contributed by atoms with Crippen LogP contribution in [0.4, 0.5) is 13.2 Å². The van der Waals surface area contributed by atoms with Gasteiger partial charge >= 0.3 is 6.18 Å². The number of nitrogens with zero attached hydrogens (tertiary/aromatic N) is 2. The molecule has 0 amide bonds. The largest absolute Gasteiger partial charge is 0.411 e. The van der Waals surface area contributed by atoms with Gasteiger partial charge in [-0.15, -0.1) is 0 Å². The van der Waals surface area contributed by atoms with Gasteiger partial charge in [0.1, 0.15) is 6.61 Å². The predicted molar refractivity (Wildman–Crippen MR) is 97.6 cm³/mol. The Hall–Kier alpha value is -1.84. The molecule has 1 atom stereocenters. The molecule has 1 aliphatic heterocycles. The average Bonchev–Trinajstić information content (AvgIpc) is 2.62. The summed E-state index contributed by atoms with van der Waals surface area (Å²) in [4.78, 5) is 6.41. The lowest BCUT2D eigenvalue weighted by Crippen LogP contribution is -2.48. The molecule has 152 valence electrons. The quantitative estimate of drug-likeness (QED) is 0.551. The van der Waals surface area contributed by atoms with Crippen LogP contribution < -0.4 is 10.6 Å². The van der Waals surface area contributed by atoms with Crippen molar-refractivity contribution in [2.75, 3.05) is 46.9 Å². The van der Waals surface area contributed by atoms with Gasteiger partial charge in [-0.25, -0.2) is 0 Å². The number of benzene rings is 1. The fourth-order valence-electron chi connectivity index (χ4n) is 2.65. The van der Waals surface area contributed by atoms with Crippen LogP contribution in [0.25, 0.3) is 0 Å². The van der Waals surface area contributed by atoms with E-state index in [0.29, 0.717) is 24.6 Å². The summed E-state index contributed by atoms with van der Waals surface area (Å²) in [6, 6.07) is 7.22. The predicted octanol–water partition coefficient (Wildman–Crippen LogP) is 1.76. The molecule has 1 heterocycles. The third kappa shape index (κ3) is 8.59. The molecule has 1 aliphatic rings. The van der Waals surface area contributed by atoms with Crippen LogP contribution in [0.1, 0.15) is 11.1 Å². The van der Waals surface area contributed by atoms with Gasteiger partial charge < -0.3 is 25.0 Å². The fourth-order valence-corrected chi connectivity index (χ4v) is 2.65. The van der Waals surface area contributed by atoms with Crippen LogP contribution in [0.15, 0.2) is 29.3 Å². The Morgan fingerprint density at radius 1 is 1.26 bits per heavy atom. The molecule has 2 rings (SSSR count). The molecule has 0 bridgehead atoms. The maximum absolute atomic E-state index is 12.1. The zero-order valence-electron chi connectivity index (χ0n) is 15.7. The van der Waals surface area contributed by atoms with Crippen LogP contribution in [0, 0.1) is 0 Å². The summed E-state index contributed by atoms with van der Waals surface area (Å²) in [5, 5.41) is 6.45. The Morgan fingerprint density at radius 2 is 1.96 bits per heavy atom. The van der Waals surface area contributed by atoms with E-state index in [4.69, 9.17) is 4.74 Å². The number of aliphatic imine (C=N–C) groups is 1. The molecule has 1 aromatic carbocycles. The molecule has 0 aromatic heterocycles. The summed E-state index contributed by atoms with van der Waals surface area (Å²) in [5.41, 5.74) is 1.69. The Bertz CT molecular complexity index is 593. The SMILES string of the molecule is CN=C(NCc1ccc(COCC(F)(F)F)cc1)NCC1CN(C)CCO1. The first-order valence-electron chi connectivity index (χ1n) is 8.82. The number of ether oxygens (including phenoxy) is 2. The maximum atomic E-state index is 12.1. The van der Waals surface area contributed by atoms with Crippen LogP contribution in [-0.2, 0) is 22.6 Å². The van der Waals surface area contributed by atoms with E-state index in [-0.39, 0.29) is 12.7 Å². The van der Waals surface area contributed by atoms with Crippen molar-refractivity contribution in [3.63, 3.8) is 0 Å². The number of hydrogen-bond donors (Lipinski definition) is 2. The maximum Gasteiger partial charge on any atom is 0.411 e. The lowest BCUT2D eigenvalue weighted by Gasteiger charge is -2.30. The second kappa shape index (κ2) is 10.5. The van der Waals surface area contributed by atoms with Gasteiger partial charge in [-0.1, -0.05) is 24.3 Å². The standard InChI is InChI=1S/C18H27F3N4O2/c1-22-17(24-10-16-11-25(2)7-8-27-16)23-9-14-3-5-15(6-4-14)12-26-13-18(19,20)21/h3-6,16H,7-13H2,1-2H3,(H2,22,23,24). The Labute approximate surface area is 157 Å². The van der Waals surface area contributed by atoms with Gasteiger partial charge in [-0.3, -0.25) is 4.99 Å². The lowest BCUT2D eigenvalue weighted by molar-refractivity contribution is -0.176. The minimum atomic E-state index is -4.30. The van der Waals surface area contributed by atoms with Crippen LogP contribution >= 0.6 is 0 Å². The Balaban J connectivity index is 1.71. The van der Waals surface area contributed by atoms with Crippen LogP contribution in [0.3, 0.4) is 0 Å². The molecule has 0 saturated carbocycles. The van der Waals surface area contributed by atoms with Crippen molar-refractivity contribution in [1.29, 1.82) is 0 Å². The zero-order chi connectivity index (χ0) is 19.7. The van der Waals surface area contributed by atoms with E-state index < -0.39 is 12.8 Å². The molecule has 9 heteroatoms. The van der Waals surface area contributed by atoms with Gasteiger partial charge in [0.25, 0.3) is 0 Å². The first-order valence-corrected chi connectivity index (χ1v) is 8.82. The molecule has 1 aromatic rings. The summed E-state index contributed by atoms with van der Waals surface area (Å²) >= 11 is 0. The van der Waals surface area contributed by atoms with E-state index in [9.17, 15) is 13.2 Å². The van der Waals surface area contributed by atoms with Crippen molar-refractivity contribution < 1.29 is 22.6 Å². The monoisotopic (exact) mass is 388 g/mol. The van der Waals surface area contributed by atoms with Gasteiger partial charge in [-0.2, -0.15) is 13.2 Å². The van der Waals surface area contributed by atoms with Crippen LogP contribution in [0.2, 0.25) is 0 Å². The molecule has 0 spiro atoms. The molecule has 1 fully saturated rings. The smallest absolute Gasteiger partial charge is 0.374 e. The Morgan fingerprint density at radius 3 is 2.59 bits per heavy atom. The first kappa shape index (κ1) is 21.5. The number of alkyl halides is 3. The van der Waals surface area contributed by atoms with Crippen molar-refractivity contribution >= 4 is 5.96 Å². The highest BCUT2D eigenvalue weighted by Crippen LogP contribution is 2.15. The highest BCUT2D eigenvalue weighted by Gasteiger charge is 2.27. The minimum Gasteiger partial charge on any atom is -0.374 e. The first-order chi connectivity index (χ1) is 12.9. The van der Waals surface area contributed by atoms with Crippen molar-refractivity contribution in [3.8, 4) is 0 Å². The number of nitrogens with one attached hydrogen (secondary N) is 2. The molecule has 0 aliphatic carbocycles. The van der Waals surface area contributed by atoms with E-state index in [0.717, 1.165) is 25.3 Å². The van der Waals surface area contributed by atoms with E-state index in [1.165, 1.54) is 0 Å². The highest BCUT2D eigenvalue weighted by molar-refractivity contribution is 5.79. The topological polar surface area (TPSA) is 58.1 Å². The lowest BCUT2D eigenvalue weighted by atomic mass is 10.1.